The van der Waals surface area contributed by atoms with Gasteiger partial charge in [-0.05, 0) is 25.5 Å². The number of nitrogens with zero attached hydrogens (tertiary/aromatic N) is 2. The van der Waals surface area contributed by atoms with Gasteiger partial charge in [0.05, 0.1) is 0 Å². The summed E-state index contributed by atoms with van der Waals surface area (Å²) in [6, 6.07) is 7.90. The summed E-state index contributed by atoms with van der Waals surface area (Å²) in [6.07, 6.45) is 4.00. The number of hydrogen-bond donors (Lipinski definition) is 1. The van der Waals surface area contributed by atoms with Crippen LogP contribution < -0.4 is 10.1 Å². The van der Waals surface area contributed by atoms with Crippen molar-refractivity contribution >= 4 is 17.4 Å². The zero-order valence-corrected chi connectivity index (χ0v) is 13.5. The average molecular weight is 303 g/mol. The molecule has 0 saturated heterocycles. The fraction of sp³-hybridized carbons (Fsp3) is 0.375. The lowest BCUT2D eigenvalue weighted by atomic mass is 10.2. The van der Waals surface area contributed by atoms with Crippen molar-refractivity contribution in [2.24, 2.45) is 5.92 Å². The molecule has 1 N–H and O–H groups in total. The second-order valence-corrected chi connectivity index (χ2v) is 6.15. The summed E-state index contributed by atoms with van der Waals surface area (Å²) in [5.74, 6) is 1.43. The first-order valence-corrected chi connectivity index (χ1v) is 7.93. The molecule has 0 atom stereocenters. The maximum Gasteiger partial charge on any atom is 0.299 e. The van der Waals surface area contributed by atoms with Crippen molar-refractivity contribution in [1.82, 2.24) is 15.5 Å². The van der Waals surface area contributed by atoms with Gasteiger partial charge >= 0.3 is 0 Å². The second kappa shape index (κ2) is 7.90. The molecule has 1 aromatic heterocycles. The summed E-state index contributed by atoms with van der Waals surface area (Å²) in [7, 11) is 0. The van der Waals surface area contributed by atoms with Crippen LogP contribution in [0.15, 0.2) is 30.3 Å². The smallest absolute Gasteiger partial charge is 0.299 e. The molecule has 1 aromatic carbocycles. The van der Waals surface area contributed by atoms with E-state index in [1.165, 1.54) is 11.3 Å². The first-order chi connectivity index (χ1) is 10.2. The normalized spacial score (nSPS) is 11.4. The standard InChI is InChI=1S/C16H21N3OS/c1-4-7-13-8-5-6-9-14(13)20-16-19-18-15(21-16)11-17-10-12(2)3/h4-9,12,17H,10-11H2,1-3H3/b7-4+. The van der Waals surface area contributed by atoms with Crippen LogP contribution in [-0.4, -0.2) is 16.7 Å². The number of benzene rings is 1. The summed E-state index contributed by atoms with van der Waals surface area (Å²) < 4.78 is 5.84. The van der Waals surface area contributed by atoms with E-state index in [4.69, 9.17) is 4.74 Å². The van der Waals surface area contributed by atoms with E-state index in [0.29, 0.717) is 11.1 Å². The molecular weight excluding hydrogens is 282 g/mol. The maximum absolute atomic E-state index is 5.84. The lowest BCUT2D eigenvalue weighted by Crippen LogP contribution is -2.18. The Morgan fingerprint density at radius 2 is 2.10 bits per heavy atom. The van der Waals surface area contributed by atoms with Crippen molar-refractivity contribution < 1.29 is 4.74 Å². The third-order valence-electron chi connectivity index (χ3n) is 2.74. The van der Waals surface area contributed by atoms with Gasteiger partial charge in [0.15, 0.2) is 0 Å². The number of allylic oxidation sites excluding steroid dienone is 1. The molecule has 0 bridgehead atoms. The van der Waals surface area contributed by atoms with Crippen LogP contribution in [0, 0.1) is 5.92 Å². The Morgan fingerprint density at radius 1 is 1.29 bits per heavy atom. The molecule has 112 valence electrons. The molecule has 0 aliphatic carbocycles. The summed E-state index contributed by atoms with van der Waals surface area (Å²) in [4.78, 5) is 0. The summed E-state index contributed by atoms with van der Waals surface area (Å²) >= 11 is 1.48. The number of para-hydroxylation sites is 1. The van der Waals surface area contributed by atoms with Crippen molar-refractivity contribution in [3.63, 3.8) is 0 Å². The zero-order chi connectivity index (χ0) is 15.1. The summed E-state index contributed by atoms with van der Waals surface area (Å²) in [5.41, 5.74) is 1.04. The van der Waals surface area contributed by atoms with Crippen molar-refractivity contribution in [1.29, 1.82) is 0 Å². The predicted octanol–water partition coefficient (Wildman–Crippen LogP) is 4.11. The van der Waals surface area contributed by atoms with Gasteiger partial charge in [-0.3, -0.25) is 0 Å². The highest BCUT2D eigenvalue weighted by molar-refractivity contribution is 7.13. The Labute approximate surface area is 129 Å². The highest BCUT2D eigenvalue weighted by Gasteiger charge is 2.08. The second-order valence-electron chi connectivity index (χ2n) is 5.13. The highest BCUT2D eigenvalue weighted by Crippen LogP contribution is 2.28. The number of aromatic nitrogens is 2. The molecule has 1 heterocycles. The molecule has 0 unspecified atom stereocenters. The number of ether oxygens (including phenoxy) is 1. The molecule has 0 spiro atoms. The van der Waals surface area contributed by atoms with Gasteiger partial charge in [-0.25, -0.2) is 0 Å². The topological polar surface area (TPSA) is 47.0 Å². The average Bonchev–Trinajstić information content (AvgIpc) is 2.88. The SMILES string of the molecule is C/C=C/c1ccccc1Oc1nnc(CNCC(C)C)s1. The molecule has 2 aromatic rings. The number of nitrogens with one attached hydrogen (secondary N) is 1. The minimum Gasteiger partial charge on any atom is -0.429 e. The minimum absolute atomic E-state index is 0.577. The maximum atomic E-state index is 5.84. The third kappa shape index (κ3) is 4.95. The van der Waals surface area contributed by atoms with Crippen molar-refractivity contribution in [3.8, 4) is 10.9 Å². The lowest BCUT2D eigenvalue weighted by Gasteiger charge is -2.05. The fourth-order valence-corrected chi connectivity index (χ4v) is 2.47. The fourth-order valence-electron chi connectivity index (χ4n) is 1.80. The zero-order valence-electron chi connectivity index (χ0n) is 12.7. The molecule has 0 amide bonds. The van der Waals surface area contributed by atoms with Crippen molar-refractivity contribution in [2.75, 3.05) is 6.54 Å². The third-order valence-corrected chi connectivity index (χ3v) is 3.54. The van der Waals surface area contributed by atoms with Gasteiger partial charge in [-0.15, -0.1) is 5.10 Å². The van der Waals surface area contributed by atoms with Crippen LogP contribution >= 0.6 is 11.3 Å². The Bertz CT molecular complexity index is 593. The molecule has 0 fully saturated rings. The number of rotatable bonds is 7. The van der Waals surface area contributed by atoms with E-state index in [-0.39, 0.29) is 0 Å². The largest absolute Gasteiger partial charge is 0.429 e. The Hall–Kier alpha value is -1.72. The van der Waals surface area contributed by atoms with Crippen LogP contribution in [0.1, 0.15) is 31.3 Å². The first-order valence-electron chi connectivity index (χ1n) is 7.11. The van der Waals surface area contributed by atoms with Gasteiger partial charge in [0.2, 0.25) is 0 Å². The van der Waals surface area contributed by atoms with E-state index in [1.54, 1.807) is 0 Å². The molecule has 0 saturated carbocycles. The van der Waals surface area contributed by atoms with E-state index in [0.717, 1.165) is 29.4 Å². The highest BCUT2D eigenvalue weighted by atomic mass is 32.1. The molecule has 0 aliphatic heterocycles. The molecule has 2 rings (SSSR count). The predicted molar refractivity (Wildman–Crippen MR) is 87.7 cm³/mol. The van der Waals surface area contributed by atoms with Gasteiger partial charge in [0.1, 0.15) is 10.8 Å². The van der Waals surface area contributed by atoms with E-state index in [1.807, 2.05) is 43.3 Å². The molecule has 21 heavy (non-hydrogen) atoms. The minimum atomic E-state index is 0.577. The van der Waals surface area contributed by atoms with Crippen molar-refractivity contribution in [3.05, 3.63) is 40.9 Å². The van der Waals surface area contributed by atoms with E-state index < -0.39 is 0 Å². The van der Waals surface area contributed by atoms with Crippen LogP contribution in [0.5, 0.6) is 10.9 Å². The van der Waals surface area contributed by atoms with E-state index >= 15 is 0 Å². The number of hydrogen-bond acceptors (Lipinski definition) is 5. The van der Waals surface area contributed by atoms with Gasteiger partial charge in [-0.1, -0.05) is 60.6 Å². The summed E-state index contributed by atoms with van der Waals surface area (Å²) in [5, 5.41) is 13.1. The molecule has 4 nitrogen and oxygen atoms in total. The first kappa shape index (κ1) is 15.7. The van der Waals surface area contributed by atoms with Crippen LogP contribution in [0.4, 0.5) is 0 Å². The van der Waals surface area contributed by atoms with Crippen LogP contribution in [0.3, 0.4) is 0 Å². The van der Waals surface area contributed by atoms with Gasteiger partial charge in [0, 0.05) is 12.1 Å². The van der Waals surface area contributed by atoms with Crippen LogP contribution in [-0.2, 0) is 6.54 Å². The van der Waals surface area contributed by atoms with Gasteiger partial charge < -0.3 is 10.1 Å². The molecule has 5 heteroatoms. The quantitative estimate of drug-likeness (QED) is 0.836. The van der Waals surface area contributed by atoms with Gasteiger partial charge in [-0.2, -0.15) is 0 Å². The lowest BCUT2D eigenvalue weighted by molar-refractivity contribution is 0.471. The Kier molecular flexibility index (Phi) is 5.90. The molecule has 0 radical (unpaired) electrons. The van der Waals surface area contributed by atoms with Crippen LogP contribution in [0.2, 0.25) is 0 Å². The van der Waals surface area contributed by atoms with Crippen molar-refractivity contribution in [2.45, 2.75) is 27.3 Å². The Balaban J connectivity index is 1.99. The van der Waals surface area contributed by atoms with E-state index in [2.05, 4.69) is 29.4 Å². The molecule has 0 aliphatic rings. The summed E-state index contributed by atoms with van der Waals surface area (Å²) in [6.45, 7) is 8.05. The monoisotopic (exact) mass is 303 g/mol. The van der Waals surface area contributed by atoms with Gasteiger partial charge in [0.25, 0.3) is 5.19 Å². The van der Waals surface area contributed by atoms with Crippen LogP contribution in [0.25, 0.3) is 6.08 Å². The van der Waals surface area contributed by atoms with E-state index in [9.17, 15) is 0 Å². The molecular formula is C16H21N3OS. The Morgan fingerprint density at radius 3 is 2.86 bits per heavy atom.